The molecule has 102 valence electrons. The molecule has 0 aliphatic carbocycles. The van der Waals surface area contributed by atoms with Crippen molar-refractivity contribution in [3.63, 3.8) is 0 Å². The first kappa shape index (κ1) is 15.1. The summed E-state index contributed by atoms with van der Waals surface area (Å²) in [6.45, 7) is 3.50. The summed E-state index contributed by atoms with van der Waals surface area (Å²) >= 11 is 0. The molecule has 0 saturated heterocycles. The Kier molecular flexibility index (Phi) is 6.22. The maximum absolute atomic E-state index is 13.5. The van der Waals surface area contributed by atoms with Gasteiger partial charge in [-0.15, -0.1) is 0 Å². The fraction of sp³-hybridized carbons (Fsp3) is 0.571. The fourth-order valence-corrected chi connectivity index (χ4v) is 2.02. The summed E-state index contributed by atoms with van der Waals surface area (Å²) in [4.78, 5) is 2.02. The molecule has 0 amide bonds. The van der Waals surface area contributed by atoms with E-state index in [1.54, 1.807) is 0 Å². The van der Waals surface area contributed by atoms with Gasteiger partial charge in [0.25, 0.3) is 0 Å². The molecular formula is C14H22F2N2. The zero-order valence-corrected chi connectivity index (χ0v) is 11.1. The van der Waals surface area contributed by atoms with Crippen molar-refractivity contribution in [1.82, 2.24) is 4.90 Å². The molecule has 0 radical (unpaired) electrons. The molecule has 0 bridgehead atoms. The van der Waals surface area contributed by atoms with E-state index < -0.39 is 17.7 Å². The van der Waals surface area contributed by atoms with E-state index in [1.165, 1.54) is 18.2 Å². The molecule has 1 rings (SSSR count). The van der Waals surface area contributed by atoms with Crippen LogP contribution < -0.4 is 5.73 Å². The van der Waals surface area contributed by atoms with Gasteiger partial charge in [0.15, 0.2) is 0 Å². The quantitative estimate of drug-likeness (QED) is 0.760. The van der Waals surface area contributed by atoms with E-state index >= 15 is 0 Å². The molecule has 2 nitrogen and oxygen atoms in total. The maximum Gasteiger partial charge on any atom is 0.130 e. The minimum Gasteiger partial charge on any atom is -0.323 e. The van der Waals surface area contributed by atoms with E-state index in [0.717, 1.165) is 25.8 Å². The van der Waals surface area contributed by atoms with Crippen molar-refractivity contribution in [2.24, 2.45) is 5.73 Å². The number of nitrogens with two attached hydrogens (primary N) is 1. The van der Waals surface area contributed by atoms with Gasteiger partial charge in [0.2, 0.25) is 0 Å². The van der Waals surface area contributed by atoms with E-state index in [-0.39, 0.29) is 5.56 Å². The predicted octanol–water partition coefficient (Wildman–Crippen LogP) is 3.09. The van der Waals surface area contributed by atoms with Crippen molar-refractivity contribution in [3.05, 3.63) is 35.4 Å². The molecule has 4 heteroatoms. The molecular weight excluding hydrogens is 234 g/mol. The van der Waals surface area contributed by atoms with Crippen LogP contribution in [0.5, 0.6) is 0 Å². The maximum atomic E-state index is 13.5. The number of unbranched alkanes of at least 4 members (excludes halogenated alkanes) is 2. The Morgan fingerprint density at radius 2 is 1.83 bits per heavy atom. The summed E-state index contributed by atoms with van der Waals surface area (Å²) in [5.74, 6) is -1.13. The smallest absolute Gasteiger partial charge is 0.130 e. The second-order valence-corrected chi connectivity index (χ2v) is 4.71. The van der Waals surface area contributed by atoms with Gasteiger partial charge in [-0.1, -0.05) is 25.8 Å². The van der Waals surface area contributed by atoms with Crippen molar-refractivity contribution >= 4 is 0 Å². The van der Waals surface area contributed by atoms with Crippen LogP contribution in [0.15, 0.2) is 18.2 Å². The van der Waals surface area contributed by atoms with Gasteiger partial charge in [0.05, 0.1) is 0 Å². The van der Waals surface area contributed by atoms with Crippen LogP contribution in [-0.4, -0.2) is 25.0 Å². The van der Waals surface area contributed by atoms with Crippen LogP contribution in [0.4, 0.5) is 8.78 Å². The Morgan fingerprint density at radius 3 is 2.39 bits per heavy atom. The molecule has 0 aliphatic rings. The average molecular weight is 256 g/mol. The number of rotatable bonds is 7. The number of hydrogen-bond acceptors (Lipinski definition) is 2. The molecule has 1 aromatic carbocycles. The fourth-order valence-electron chi connectivity index (χ4n) is 2.02. The molecule has 1 unspecified atom stereocenters. The van der Waals surface area contributed by atoms with Crippen molar-refractivity contribution in [2.45, 2.75) is 32.2 Å². The number of halogens is 2. The van der Waals surface area contributed by atoms with Crippen molar-refractivity contribution in [1.29, 1.82) is 0 Å². The summed E-state index contributed by atoms with van der Waals surface area (Å²) in [5.41, 5.74) is 5.87. The van der Waals surface area contributed by atoms with Gasteiger partial charge in [0.1, 0.15) is 11.6 Å². The standard InChI is InChI=1S/C14H22F2N2/c1-3-4-5-9-18(2)10-13(17)14-11(15)7-6-8-12(14)16/h6-8,13H,3-5,9-10,17H2,1-2H3. The minimum absolute atomic E-state index is 0.0140. The van der Waals surface area contributed by atoms with Crippen LogP contribution >= 0.6 is 0 Å². The monoisotopic (exact) mass is 256 g/mol. The van der Waals surface area contributed by atoms with Crippen molar-refractivity contribution in [3.8, 4) is 0 Å². The second-order valence-electron chi connectivity index (χ2n) is 4.71. The summed E-state index contributed by atoms with van der Waals surface area (Å²) < 4.78 is 27.0. The Labute approximate surface area is 108 Å². The van der Waals surface area contributed by atoms with Crippen LogP contribution in [0.3, 0.4) is 0 Å². The lowest BCUT2D eigenvalue weighted by molar-refractivity contribution is 0.300. The largest absolute Gasteiger partial charge is 0.323 e. The van der Waals surface area contributed by atoms with Crippen LogP contribution in [-0.2, 0) is 0 Å². The van der Waals surface area contributed by atoms with E-state index in [1.807, 2.05) is 11.9 Å². The highest BCUT2D eigenvalue weighted by Crippen LogP contribution is 2.19. The van der Waals surface area contributed by atoms with Crippen molar-refractivity contribution < 1.29 is 8.78 Å². The van der Waals surface area contributed by atoms with E-state index in [4.69, 9.17) is 5.73 Å². The normalized spacial score (nSPS) is 13.0. The molecule has 0 heterocycles. The van der Waals surface area contributed by atoms with Gasteiger partial charge in [-0.3, -0.25) is 0 Å². The summed E-state index contributed by atoms with van der Waals surface area (Å²) in [6, 6.07) is 3.22. The lowest BCUT2D eigenvalue weighted by Gasteiger charge is -2.22. The number of likely N-dealkylation sites (N-methyl/N-ethyl adjacent to an activating group) is 1. The van der Waals surface area contributed by atoms with E-state index in [2.05, 4.69) is 6.92 Å². The lowest BCUT2D eigenvalue weighted by Crippen LogP contribution is -2.31. The Hall–Kier alpha value is -1.00. The van der Waals surface area contributed by atoms with Gasteiger partial charge in [0, 0.05) is 18.2 Å². The first-order chi connectivity index (χ1) is 8.56. The molecule has 0 aliphatic heterocycles. The van der Waals surface area contributed by atoms with E-state index in [0.29, 0.717) is 6.54 Å². The van der Waals surface area contributed by atoms with Crippen LogP contribution in [0.1, 0.15) is 37.8 Å². The number of benzene rings is 1. The van der Waals surface area contributed by atoms with Gasteiger partial charge in [-0.05, 0) is 32.1 Å². The van der Waals surface area contributed by atoms with Crippen LogP contribution in [0, 0.1) is 11.6 Å². The highest BCUT2D eigenvalue weighted by molar-refractivity contribution is 5.23. The third kappa shape index (κ3) is 4.35. The first-order valence-electron chi connectivity index (χ1n) is 6.44. The Bertz CT molecular complexity index is 349. The molecule has 0 fully saturated rings. The number of hydrogen-bond donors (Lipinski definition) is 1. The predicted molar refractivity (Wildman–Crippen MR) is 70.3 cm³/mol. The third-order valence-corrected chi connectivity index (χ3v) is 3.02. The molecule has 0 aromatic heterocycles. The molecule has 2 N–H and O–H groups in total. The summed E-state index contributed by atoms with van der Waals surface area (Å²) in [6.07, 6.45) is 3.40. The highest BCUT2D eigenvalue weighted by Gasteiger charge is 2.17. The lowest BCUT2D eigenvalue weighted by atomic mass is 10.1. The average Bonchev–Trinajstić information content (AvgIpc) is 2.29. The number of nitrogens with zero attached hydrogens (tertiary/aromatic N) is 1. The molecule has 1 aromatic rings. The van der Waals surface area contributed by atoms with Gasteiger partial charge < -0.3 is 10.6 Å². The zero-order valence-electron chi connectivity index (χ0n) is 11.1. The third-order valence-electron chi connectivity index (χ3n) is 3.02. The van der Waals surface area contributed by atoms with Gasteiger partial charge in [-0.2, -0.15) is 0 Å². The van der Waals surface area contributed by atoms with Gasteiger partial charge >= 0.3 is 0 Å². The van der Waals surface area contributed by atoms with Crippen molar-refractivity contribution in [2.75, 3.05) is 20.1 Å². The summed E-state index contributed by atoms with van der Waals surface area (Å²) in [5, 5.41) is 0. The SMILES string of the molecule is CCCCCN(C)CC(N)c1c(F)cccc1F. The topological polar surface area (TPSA) is 29.3 Å². The van der Waals surface area contributed by atoms with Gasteiger partial charge in [-0.25, -0.2) is 8.78 Å². The highest BCUT2D eigenvalue weighted by atomic mass is 19.1. The summed E-state index contributed by atoms with van der Waals surface area (Å²) in [7, 11) is 1.92. The second kappa shape index (κ2) is 7.44. The van der Waals surface area contributed by atoms with Crippen LogP contribution in [0.25, 0.3) is 0 Å². The Balaban J connectivity index is 2.56. The Morgan fingerprint density at radius 1 is 1.22 bits per heavy atom. The molecule has 18 heavy (non-hydrogen) atoms. The first-order valence-corrected chi connectivity index (χ1v) is 6.44. The van der Waals surface area contributed by atoms with E-state index in [9.17, 15) is 8.78 Å². The minimum atomic E-state index is -0.627. The molecule has 1 atom stereocenters. The molecule has 0 saturated carbocycles. The zero-order chi connectivity index (χ0) is 13.5. The molecule has 0 spiro atoms. The van der Waals surface area contributed by atoms with Crippen LogP contribution in [0.2, 0.25) is 0 Å².